The first-order valence-electron chi connectivity index (χ1n) is 7.68. The van der Waals surface area contributed by atoms with E-state index in [9.17, 15) is 13.6 Å². The molecule has 0 bridgehead atoms. The smallest absolute Gasteiger partial charge is 0.251 e. The van der Waals surface area contributed by atoms with E-state index in [-0.39, 0.29) is 17.9 Å². The van der Waals surface area contributed by atoms with E-state index < -0.39 is 19.0 Å². The molecule has 5 nitrogen and oxygen atoms in total. The van der Waals surface area contributed by atoms with Gasteiger partial charge in [-0.15, -0.1) is 0 Å². The van der Waals surface area contributed by atoms with E-state index in [1.807, 2.05) is 26.0 Å². The quantitative estimate of drug-likeness (QED) is 0.859. The first kappa shape index (κ1) is 17.7. The summed E-state index contributed by atoms with van der Waals surface area (Å²) >= 11 is 0. The van der Waals surface area contributed by atoms with Crippen molar-refractivity contribution in [3.63, 3.8) is 0 Å². The molecule has 0 aliphatic carbocycles. The highest BCUT2D eigenvalue weighted by molar-refractivity contribution is 5.82. The van der Waals surface area contributed by atoms with Crippen molar-refractivity contribution in [2.45, 2.75) is 31.7 Å². The third kappa shape index (κ3) is 4.94. The lowest BCUT2D eigenvalue weighted by Crippen LogP contribution is -2.56. The Balaban J connectivity index is 1.95. The number of rotatable bonds is 6. The highest BCUT2D eigenvalue weighted by Crippen LogP contribution is 2.21. The van der Waals surface area contributed by atoms with Crippen molar-refractivity contribution in [1.82, 2.24) is 15.2 Å². The number of alkyl halides is 2. The summed E-state index contributed by atoms with van der Waals surface area (Å²) in [6.45, 7) is 4.85. The average Bonchev–Trinajstić information content (AvgIpc) is 2.53. The largest absolute Gasteiger partial charge is 0.378 e. The fourth-order valence-electron chi connectivity index (χ4n) is 2.57. The molecule has 1 fully saturated rings. The van der Waals surface area contributed by atoms with Gasteiger partial charge in [-0.05, 0) is 11.6 Å². The second kappa shape index (κ2) is 7.79. The number of nitrogens with one attached hydrogen (secondary N) is 1. The number of carbonyl (C=O) groups excluding carboxylic acids is 1. The van der Waals surface area contributed by atoms with Gasteiger partial charge in [-0.3, -0.25) is 14.7 Å². The summed E-state index contributed by atoms with van der Waals surface area (Å²) in [5.74, 6) is -0.276. The van der Waals surface area contributed by atoms with Crippen LogP contribution >= 0.6 is 0 Å². The van der Waals surface area contributed by atoms with Gasteiger partial charge >= 0.3 is 0 Å². The number of hydrogen-bond donors (Lipinski definition) is 1. The van der Waals surface area contributed by atoms with Crippen LogP contribution < -0.4 is 5.32 Å². The number of ether oxygens (including phenoxy) is 1. The topological polar surface area (TPSA) is 54.5 Å². The number of aromatic nitrogens is 1. The molecule has 0 radical (unpaired) electrons. The first-order chi connectivity index (χ1) is 10.9. The minimum absolute atomic E-state index is 0.145. The van der Waals surface area contributed by atoms with Crippen LogP contribution in [0.25, 0.3) is 0 Å². The minimum atomic E-state index is -2.46. The summed E-state index contributed by atoms with van der Waals surface area (Å²) in [6.07, 6.45) is 0.994. The van der Waals surface area contributed by atoms with Gasteiger partial charge in [0.15, 0.2) is 0 Å². The Hall–Kier alpha value is -1.60. The first-order valence-corrected chi connectivity index (χ1v) is 7.68. The average molecular weight is 327 g/mol. The van der Waals surface area contributed by atoms with Crippen LogP contribution in [-0.2, 0) is 14.9 Å². The van der Waals surface area contributed by atoms with Gasteiger partial charge in [0.1, 0.15) is 6.04 Å². The number of pyridine rings is 1. The summed E-state index contributed by atoms with van der Waals surface area (Å²) in [5.41, 5.74) is 0.706. The Morgan fingerprint density at radius 1 is 1.57 bits per heavy atom. The van der Waals surface area contributed by atoms with Crippen LogP contribution in [0, 0.1) is 0 Å². The molecule has 1 saturated heterocycles. The number of hydrogen-bond acceptors (Lipinski definition) is 4. The molecule has 1 aliphatic rings. The van der Waals surface area contributed by atoms with Crippen LogP contribution in [0.5, 0.6) is 0 Å². The molecule has 23 heavy (non-hydrogen) atoms. The number of halogens is 2. The van der Waals surface area contributed by atoms with Crippen LogP contribution in [0.3, 0.4) is 0 Å². The van der Waals surface area contributed by atoms with Gasteiger partial charge in [0.05, 0.1) is 19.8 Å². The van der Waals surface area contributed by atoms with E-state index in [1.165, 1.54) is 4.90 Å². The second-order valence-corrected chi connectivity index (χ2v) is 6.32. The zero-order chi connectivity index (χ0) is 16.9. The zero-order valence-corrected chi connectivity index (χ0v) is 13.5. The molecule has 1 N–H and O–H groups in total. The number of amides is 1. The van der Waals surface area contributed by atoms with E-state index in [0.717, 1.165) is 5.56 Å². The van der Waals surface area contributed by atoms with E-state index in [2.05, 4.69) is 10.3 Å². The van der Waals surface area contributed by atoms with E-state index >= 15 is 0 Å². The Morgan fingerprint density at radius 2 is 2.35 bits per heavy atom. The standard InChI is InChI=1S/C16H23F2N3O2/c1-16(2,12-4-3-5-19-8-12)11-20-15(22)13-10-23-7-6-21(13)9-14(17)18/h3-5,8,13-14H,6-7,9-11H2,1-2H3,(H,20,22). The fraction of sp³-hybridized carbons (Fsp3) is 0.625. The van der Waals surface area contributed by atoms with Gasteiger partial charge < -0.3 is 10.1 Å². The molecule has 2 heterocycles. The molecule has 1 aromatic heterocycles. The molecule has 1 aliphatic heterocycles. The molecule has 0 saturated carbocycles. The van der Waals surface area contributed by atoms with Gasteiger partial charge in [0.2, 0.25) is 5.91 Å². The summed E-state index contributed by atoms with van der Waals surface area (Å²) in [5, 5.41) is 2.86. The van der Waals surface area contributed by atoms with Crippen molar-refractivity contribution in [2.75, 3.05) is 32.8 Å². The van der Waals surface area contributed by atoms with Crippen LogP contribution in [-0.4, -0.2) is 61.1 Å². The normalized spacial score (nSPS) is 19.8. The summed E-state index contributed by atoms with van der Waals surface area (Å²) in [7, 11) is 0. The molecule has 1 amide bonds. The SMILES string of the molecule is CC(C)(CNC(=O)C1COCCN1CC(F)F)c1cccnc1. The predicted octanol–water partition coefficient (Wildman–Crippen LogP) is 1.44. The lowest BCUT2D eigenvalue weighted by molar-refractivity contribution is -0.134. The van der Waals surface area contributed by atoms with Crippen molar-refractivity contribution in [3.8, 4) is 0 Å². The predicted molar refractivity (Wildman–Crippen MR) is 82.5 cm³/mol. The van der Waals surface area contributed by atoms with E-state index in [4.69, 9.17) is 4.74 Å². The van der Waals surface area contributed by atoms with Crippen molar-refractivity contribution in [3.05, 3.63) is 30.1 Å². The molecule has 2 rings (SSSR count). The van der Waals surface area contributed by atoms with Crippen LogP contribution in [0.2, 0.25) is 0 Å². The Bertz CT molecular complexity index is 511. The van der Waals surface area contributed by atoms with Gasteiger partial charge in [0, 0.05) is 30.9 Å². The van der Waals surface area contributed by atoms with Crippen molar-refractivity contribution in [1.29, 1.82) is 0 Å². The minimum Gasteiger partial charge on any atom is -0.378 e. The third-order valence-electron chi connectivity index (χ3n) is 4.06. The highest BCUT2D eigenvalue weighted by Gasteiger charge is 2.32. The number of morpholine rings is 1. The molecule has 1 aromatic rings. The summed E-state index contributed by atoms with van der Waals surface area (Å²) in [6, 6.07) is 3.13. The van der Waals surface area contributed by atoms with Crippen molar-refractivity contribution >= 4 is 5.91 Å². The highest BCUT2D eigenvalue weighted by atomic mass is 19.3. The lowest BCUT2D eigenvalue weighted by atomic mass is 9.85. The maximum atomic E-state index is 12.6. The van der Waals surface area contributed by atoms with Gasteiger partial charge in [-0.1, -0.05) is 19.9 Å². The molecular formula is C16H23F2N3O2. The van der Waals surface area contributed by atoms with Crippen LogP contribution in [0.15, 0.2) is 24.5 Å². The molecule has 128 valence electrons. The zero-order valence-electron chi connectivity index (χ0n) is 13.5. The molecule has 7 heteroatoms. The molecular weight excluding hydrogens is 304 g/mol. The Labute approximate surface area is 135 Å². The fourth-order valence-corrected chi connectivity index (χ4v) is 2.57. The van der Waals surface area contributed by atoms with Gasteiger partial charge in [-0.2, -0.15) is 0 Å². The second-order valence-electron chi connectivity index (χ2n) is 6.32. The lowest BCUT2D eigenvalue weighted by Gasteiger charge is -2.35. The maximum Gasteiger partial charge on any atom is 0.251 e. The summed E-state index contributed by atoms with van der Waals surface area (Å²) in [4.78, 5) is 17.9. The van der Waals surface area contributed by atoms with E-state index in [1.54, 1.807) is 12.4 Å². The van der Waals surface area contributed by atoms with Crippen LogP contribution in [0.1, 0.15) is 19.4 Å². The van der Waals surface area contributed by atoms with Gasteiger partial charge in [-0.25, -0.2) is 8.78 Å². The Kier molecular flexibility index (Phi) is 6.01. The maximum absolute atomic E-state index is 12.6. The molecule has 0 spiro atoms. The van der Waals surface area contributed by atoms with Gasteiger partial charge in [0.25, 0.3) is 6.43 Å². The number of nitrogens with zero attached hydrogens (tertiary/aromatic N) is 2. The van der Waals surface area contributed by atoms with Crippen molar-refractivity contribution < 1.29 is 18.3 Å². The third-order valence-corrected chi connectivity index (χ3v) is 4.06. The Morgan fingerprint density at radius 3 is 3.00 bits per heavy atom. The van der Waals surface area contributed by atoms with E-state index in [0.29, 0.717) is 19.7 Å². The van der Waals surface area contributed by atoms with Crippen LogP contribution in [0.4, 0.5) is 8.78 Å². The molecule has 0 aromatic carbocycles. The summed E-state index contributed by atoms with van der Waals surface area (Å²) < 4.78 is 30.5. The van der Waals surface area contributed by atoms with Crippen molar-refractivity contribution in [2.24, 2.45) is 0 Å². The monoisotopic (exact) mass is 327 g/mol. The molecule has 1 atom stereocenters. The number of carbonyl (C=O) groups is 1. The molecule has 1 unspecified atom stereocenters.